The van der Waals surface area contributed by atoms with E-state index in [1.807, 2.05) is 23.6 Å². The number of amides is 1. The van der Waals surface area contributed by atoms with Gasteiger partial charge in [-0.25, -0.2) is 9.80 Å². The van der Waals surface area contributed by atoms with E-state index in [-0.39, 0.29) is 11.3 Å². The maximum absolute atomic E-state index is 13.0. The molecule has 1 amide bonds. The molecule has 0 N–H and O–H groups in total. The molecule has 4 aromatic rings. The molecule has 174 valence electrons. The van der Waals surface area contributed by atoms with Crippen LogP contribution in [0.3, 0.4) is 0 Å². The molecule has 0 spiro atoms. The third-order valence-corrected chi connectivity index (χ3v) is 6.51. The summed E-state index contributed by atoms with van der Waals surface area (Å²) in [5, 5.41) is 7.77. The Morgan fingerprint density at radius 1 is 0.914 bits per heavy atom. The van der Waals surface area contributed by atoms with E-state index < -0.39 is 24.5 Å². The van der Waals surface area contributed by atoms with E-state index in [4.69, 9.17) is 9.15 Å². The van der Waals surface area contributed by atoms with Crippen LogP contribution in [0.1, 0.15) is 49.4 Å². The van der Waals surface area contributed by atoms with Crippen molar-refractivity contribution < 1.29 is 23.5 Å². The van der Waals surface area contributed by atoms with Crippen molar-refractivity contribution in [3.05, 3.63) is 118 Å². The SMILES string of the molecule is O=C(OCC(=O)N1N=C(c2cccs2)CC1c1ccco1)c1ccc(C(=O)c2ccccc2)cc1. The first kappa shape index (κ1) is 22.5. The highest BCUT2D eigenvalue weighted by Crippen LogP contribution is 2.34. The minimum Gasteiger partial charge on any atom is -0.467 e. The standard InChI is InChI=1S/C27H20N2O5S/c30-25(29-22(23-8-4-14-33-23)16-21(28-29)24-9-5-15-35-24)17-34-27(32)20-12-10-19(11-13-20)26(31)18-6-2-1-3-7-18/h1-15,22H,16-17H2. The molecule has 35 heavy (non-hydrogen) atoms. The lowest BCUT2D eigenvalue weighted by Crippen LogP contribution is -2.31. The Hall–Kier alpha value is -4.30. The van der Waals surface area contributed by atoms with Gasteiger partial charge in [-0.15, -0.1) is 11.3 Å². The van der Waals surface area contributed by atoms with Gasteiger partial charge in [0, 0.05) is 17.5 Å². The second kappa shape index (κ2) is 9.90. The van der Waals surface area contributed by atoms with Crippen LogP contribution in [0.15, 0.2) is 100 Å². The summed E-state index contributed by atoms with van der Waals surface area (Å²) in [6.07, 6.45) is 2.05. The molecule has 1 atom stereocenters. The van der Waals surface area contributed by atoms with Crippen molar-refractivity contribution in [2.24, 2.45) is 5.10 Å². The van der Waals surface area contributed by atoms with Crippen molar-refractivity contribution in [1.29, 1.82) is 0 Å². The van der Waals surface area contributed by atoms with E-state index in [9.17, 15) is 14.4 Å². The summed E-state index contributed by atoms with van der Waals surface area (Å²) in [6.45, 7) is -0.470. The number of hydrogen-bond donors (Lipinski definition) is 0. The van der Waals surface area contributed by atoms with E-state index in [1.54, 1.807) is 66.1 Å². The van der Waals surface area contributed by atoms with Crippen molar-refractivity contribution in [3.63, 3.8) is 0 Å². The van der Waals surface area contributed by atoms with E-state index in [0.29, 0.717) is 23.3 Å². The van der Waals surface area contributed by atoms with Gasteiger partial charge in [-0.2, -0.15) is 5.10 Å². The number of rotatable bonds is 7. The summed E-state index contributed by atoms with van der Waals surface area (Å²) in [6, 6.07) is 22.1. The maximum Gasteiger partial charge on any atom is 0.338 e. The predicted octanol–water partition coefficient (Wildman–Crippen LogP) is 5.11. The molecule has 1 aliphatic rings. The molecule has 0 radical (unpaired) electrons. The number of carbonyl (C=O) groups is 3. The molecule has 1 unspecified atom stereocenters. The summed E-state index contributed by atoms with van der Waals surface area (Å²) >= 11 is 1.54. The topological polar surface area (TPSA) is 89.2 Å². The van der Waals surface area contributed by atoms with Gasteiger partial charge < -0.3 is 9.15 Å². The first-order valence-electron chi connectivity index (χ1n) is 10.9. The number of thiophene rings is 1. The number of nitrogens with zero attached hydrogens (tertiary/aromatic N) is 2. The fraction of sp³-hybridized carbons (Fsp3) is 0.111. The lowest BCUT2D eigenvalue weighted by atomic mass is 10.0. The molecule has 0 aliphatic carbocycles. The fourth-order valence-corrected chi connectivity index (χ4v) is 4.55. The first-order valence-corrected chi connectivity index (χ1v) is 11.8. The van der Waals surface area contributed by atoms with Crippen LogP contribution in [0.2, 0.25) is 0 Å². The van der Waals surface area contributed by atoms with Gasteiger partial charge in [0.25, 0.3) is 5.91 Å². The second-order valence-electron chi connectivity index (χ2n) is 7.85. The summed E-state index contributed by atoms with van der Waals surface area (Å²) in [5.74, 6) is -0.646. The van der Waals surface area contributed by atoms with Crippen LogP contribution in [0.25, 0.3) is 0 Å². The Morgan fingerprint density at radius 3 is 2.34 bits per heavy atom. The number of benzene rings is 2. The van der Waals surface area contributed by atoms with Crippen molar-refractivity contribution in [3.8, 4) is 0 Å². The Morgan fingerprint density at radius 2 is 1.66 bits per heavy atom. The number of furan rings is 1. The quantitative estimate of drug-likeness (QED) is 0.269. The highest BCUT2D eigenvalue weighted by Gasteiger charge is 2.35. The molecular formula is C27H20N2O5S. The summed E-state index contributed by atoms with van der Waals surface area (Å²) < 4.78 is 10.8. The van der Waals surface area contributed by atoms with Gasteiger partial charge >= 0.3 is 5.97 Å². The summed E-state index contributed by atoms with van der Waals surface area (Å²) in [7, 11) is 0. The molecule has 2 aromatic carbocycles. The number of esters is 1. The molecule has 0 saturated heterocycles. The van der Waals surface area contributed by atoms with Gasteiger partial charge in [-0.05, 0) is 35.7 Å². The molecular weight excluding hydrogens is 464 g/mol. The summed E-state index contributed by atoms with van der Waals surface area (Å²) in [5.41, 5.74) is 2.04. The minimum absolute atomic E-state index is 0.141. The molecule has 0 fully saturated rings. The highest BCUT2D eigenvalue weighted by atomic mass is 32.1. The Kier molecular flexibility index (Phi) is 6.36. The van der Waals surface area contributed by atoms with Crippen molar-refractivity contribution in [2.45, 2.75) is 12.5 Å². The molecule has 3 heterocycles. The van der Waals surface area contributed by atoms with Gasteiger partial charge in [0.15, 0.2) is 12.4 Å². The molecule has 2 aromatic heterocycles. The third-order valence-electron chi connectivity index (χ3n) is 5.59. The van der Waals surface area contributed by atoms with Crippen LogP contribution in [0, 0.1) is 0 Å². The number of ketones is 1. The molecule has 0 saturated carbocycles. The normalized spacial score (nSPS) is 15.0. The van der Waals surface area contributed by atoms with Crippen molar-refractivity contribution in [1.82, 2.24) is 5.01 Å². The zero-order valence-electron chi connectivity index (χ0n) is 18.5. The minimum atomic E-state index is -0.659. The van der Waals surface area contributed by atoms with Crippen LogP contribution < -0.4 is 0 Å². The van der Waals surface area contributed by atoms with Crippen LogP contribution in [0.4, 0.5) is 0 Å². The first-order chi connectivity index (χ1) is 17.1. The Bertz CT molecular complexity index is 1360. The largest absolute Gasteiger partial charge is 0.467 e. The molecule has 7 nitrogen and oxygen atoms in total. The zero-order valence-corrected chi connectivity index (χ0v) is 19.3. The van der Waals surface area contributed by atoms with Gasteiger partial charge in [-0.3, -0.25) is 9.59 Å². The van der Waals surface area contributed by atoms with E-state index >= 15 is 0 Å². The Labute approximate surface area is 205 Å². The second-order valence-corrected chi connectivity index (χ2v) is 8.79. The lowest BCUT2D eigenvalue weighted by molar-refractivity contribution is -0.136. The molecule has 8 heteroatoms. The van der Waals surface area contributed by atoms with Crippen molar-refractivity contribution >= 4 is 34.7 Å². The van der Waals surface area contributed by atoms with Crippen molar-refractivity contribution in [2.75, 3.05) is 6.61 Å². The van der Waals surface area contributed by atoms with Crippen LogP contribution in [-0.4, -0.2) is 35.0 Å². The number of hydrazone groups is 1. The molecule has 1 aliphatic heterocycles. The average molecular weight is 485 g/mol. The van der Waals surface area contributed by atoms with Gasteiger partial charge in [0.1, 0.15) is 11.8 Å². The average Bonchev–Trinajstić information content (AvgIpc) is 3.68. The third kappa shape index (κ3) is 4.83. The number of hydrogen-bond acceptors (Lipinski definition) is 7. The highest BCUT2D eigenvalue weighted by molar-refractivity contribution is 7.12. The summed E-state index contributed by atoms with van der Waals surface area (Å²) in [4.78, 5) is 39.0. The molecule has 5 rings (SSSR count). The maximum atomic E-state index is 13.0. The molecule has 0 bridgehead atoms. The van der Waals surface area contributed by atoms with E-state index in [1.165, 1.54) is 17.1 Å². The zero-order chi connectivity index (χ0) is 24.2. The van der Waals surface area contributed by atoms with Crippen LogP contribution >= 0.6 is 11.3 Å². The monoisotopic (exact) mass is 484 g/mol. The predicted molar refractivity (Wildman–Crippen MR) is 130 cm³/mol. The van der Waals surface area contributed by atoms with Gasteiger partial charge in [0.2, 0.25) is 0 Å². The number of carbonyl (C=O) groups excluding carboxylic acids is 3. The number of ether oxygens (including phenoxy) is 1. The van der Waals surface area contributed by atoms with E-state index in [0.717, 1.165) is 10.6 Å². The van der Waals surface area contributed by atoms with E-state index in [2.05, 4.69) is 5.10 Å². The van der Waals surface area contributed by atoms with Crippen LogP contribution in [-0.2, 0) is 9.53 Å². The Balaban J connectivity index is 1.25. The van der Waals surface area contributed by atoms with Crippen LogP contribution in [0.5, 0.6) is 0 Å². The van der Waals surface area contributed by atoms with Gasteiger partial charge in [0.05, 0.1) is 22.4 Å². The smallest absolute Gasteiger partial charge is 0.338 e. The fourth-order valence-electron chi connectivity index (χ4n) is 3.83. The lowest BCUT2D eigenvalue weighted by Gasteiger charge is -2.19. The van der Waals surface area contributed by atoms with Gasteiger partial charge in [-0.1, -0.05) is 48.5 Å².